The predicted octanol–water partition coefficient (Wildman–Crippen LogP) is 7.96. The Hall–Kier alpha value is -4.26. The number of urea groups is 1. The number of unbranched alkanes of at least 4 members (excludes halogenated alkanes) is 1. The highest BCUT2D eigenvalue weighted by atomic mass is 19.4. The Balaban J connectivity index is 1.52. The lowest BCUT2D eigenvalue weighted by molar-refractivity contribution is -0.376. The summed E-state index contributed by atoms with van der Waals surface area (Å²) in [7, 11) is 0. The SMILES string of the molecule is CCCc1cc(C(O)(C(F)(F)F)C(F)(F)F)cc(Cc2ccccc2)c1OCCCCN1C(=O)NC(C)(c2ccc(OC(C)C)cc2)C1=O. The molecule has 0 aliphatic carbocycles. The Morgan fingerprint density at radius 1 is 0.898 bits per heavy atom. The van der Waals surface area contributed by atoms with E-state index in [0.717, 1.165) is 4.90 Å². The van der Waals surface area contributed by atoms with Crippen molar-refractivity contribution in [3.63, 3.8) is 0 Å². The predicted molar refractivity (Wildman–Crippen MR) is 170 cm³/mol. The summed E-state index contributed by atoms with van der Waals surface area (Å²) >= 11 is 0. The second-order valence-electron chi connectivity index (χ2n) is 12.5. The van der Waals surface area contributed by atoms with E-state index in [1.165, 1.54) is 0 Å². The maximum Gasteiger partial charge on any atom is 0.430 e. The second kappa shape index (κ2) is 14.7. The van der Waals surface area contributed by atoms with Gasteiger partial charge in [0.05, 0.1) is 12.7 Å². The third-order valence-electron chi connectivity index (χ3n) is 8.34. The van der Waals surface area contributed by atoms with Crippen LogP contribution >= 0.6 is 0 Å². The van der Waals surface area contributed by atoms with Gasteiger partial charge in [0, 0.05) is 18.5 Å². The van der Waals surface area contributed by atoms with E-state index in [2.05, 4.69) is 5.32 Å². The molecule has 1 fully saturated rings. The van der Waals surface area contributed by atoms with Gasteiger partial charge in [0.1, 0.15) is 17.0 Å². The van der Waals surface area contributed by atoms with E-state index in [4.69, 9.17) is 9.47 Å². The van der Waals surface area contributed by atoms with Gasteiger partial charge in [-0.2, -0.15) is 26.3 Å². The first-order chi connectivity index (χ1) is 22.9. The molecule has 0 aromatic heterocycles. The molecule has 3 aromatic carbocycles. The summed E-state index contributed by atoms with van der Waals surface area (Å²) in [5.41, 5.74) is -6.39. The molecule has 3 amide bonds. The lowest BCUT2D eigenvalue weighted by atomic mass is 9.86. The van der Waals surface area contributed by atoms with Gasteiger partial charge in [0.15, 0.2) is 0 Å². The molecule has 7 nitrogen and oxygen atoms in total. The summed E-state index contributed by atoms with van der Waals surface area (Å²) in [5, 5.41) is 13.0. The highest BCUT2D eigenvalue weighted by molar-refractivity contribution is 6.07. The molecule has 13 heteroatoms. The summed E-state index contributed by atoms with van der Waals surface area (Å²) < 4.78 is 94.9. The van der Waals surface area contributed by atoms with Crippen LogP contribution < -0.4 is 14.8 Å². The lowest BCUT2D eigenvalue weighted by Crippen LogP contribution is -2.54. The molecule has 0 radical (unpaired) electrons. The average Bonchev–Trinajstić information content (AvgIpc) is 3.24. The fourth-order valence-electron chi connectivity index (χ4n) is 5.82. The molecule has 0 spiro atoms. The number of carbonyl (C=O) groups excluding carboxylic acids is 2. The molecule has 266 valence electrons. The van der Waals surface area contributed by atoms with Crippen molar-refractivity contribution in [3.8, 4) is 11.5 Å². The monoisotopic (exact) mass is 694 g/mol. The van der Waals surface area contributed by atoms with Gasteiger partial charge >= 0.3 is 18.4 Å². The minimum Gasteiger partial charge on any atom is -0.493 e. The van der Waals surface area contributed by atoms with Gasteiger partial charge in [0.2, 0.25) is 0 Å². The molecule has 2 N–H and O–H groups in total. The van der Waals surface area contributed by atoms with Crippen molar-refractivity contribution in [1.82, 2.24) is 10.2 Å². The molecule has 1 aliphatic heterocycles. The normalized spacial score (nSPS) is 17.1. The molecular weight excluding hydrogens is 654 g/mol. The van der Waals surface area contributed by atoms with Gasteiger partial charge in [-0.3, -0.25) is 9.69 Å². The van der Waals surface area contributed by atoms with Crippen molar-refractivity contribution in [2.75, 3.05) is 13.2 Å². The molecule has 3 aromatic rings. The van der Waals surface area contributed by atoms with E-state index in [0.29, 0.717) is 48.3 Å². The number of nitrogens with one attached hydrogen (secondary N) is 1. The maximum atomic E-state index is 13.9. The first-order valence-electron chi connectivity index (χ1n) is 16.0. The maximum absolute atomic E-state index is 13.9. The topological polar surface area (TPSA) is 88.1 Å². The number of alkyl halides is 6. The van der Waals surface area contributed by atoms with Crippen LogP contribution in [-0.2, 0) is 28.8 Å². The largest absolute Gasteiger partial charge is 0.493 e. The number of nitrogens with zero attached hydrogens (tertiary/aromatic N) is 1. The molecule has 1 unspecified atom stereocenters. The third kappa shape index (κ3) is 7.98. The fourth-order valence-corrected chi connectivity index (χ4v) is 5.82. The van der Waals surface area contributed by atoms with Crippen LogP contribution in [0.2, 0.25) is 0 Å². The Morgan fingerprint density at radius 2 is 1.51 bits per heavy atom. The summed E-state index contributed by atoms with van der Waals surface area (Å²) in [6, 6.07) is 16.2. The summed E-state index contributed by atoms with van der Waals surface area (Å²) in [4.78, 5) is 27.3. The first kappa shape index (κ1) is 37.6. The molecular formula is C36H40F6N2O5. The quantitative estimate of drug-likeness (QED) is 0.102. The minimum atomic E-state index is -6.04. The minimum absolute atomic E-state index is 0.00110. The number of rotatable bonds is 14. The Morgan fingerprint density at radius 3 is 2.08 bits per heavy atom. The number of aryl methyl sites for hydroxylation is 1. The van der Waals surface area contributed by atoms with Gasteiger partial charge in [-0.15, -0.1) is 0 Å². The van der Waals surface area contributed by atoms with E-state index in [9.17, 15) is 41.0 Å². The van der Waals surface area contributed by atoms with E-state index in [1.54, 1.807) is 68.4 Å². The molecule has 49 heavy (non-hydrogen) atoms. The molecule has 0 bridgehead atoms. The molecule has 1 atom stereocenters. The van der Waals surface area contributed by atoms with E-state index >= 15 is 0 Å². The van der Waals surface area contributed by atoms with Crippen LogP contribution in [0.25, 0.3) is 0 Å². The molecule has 1 aliphatic rings. The van der Waals surface area contributed by atoms with Crippen LogP contribution in [0, 0.1) is 0 Å². The number of aliphatic hydroxyl groups is 1. The first-order valence-corrected chi connectivity index (χ1v) is 16.0. The number of hydrogen-bond donors (Lipinski definition) is 2. The number of ether oxygens (including phenoxy) is 2. The van der Waals surface area contributed by atoms with E-state index in [1.807, 2.05) is 13.8 Å². The van der Waals surface area contributed by atoms with Crippen molar-refractivity contribution in [2.24, 2.45) is 0 Å². The number of halogens is 6. The molecule has 4 rings (SSSR count). The molecule has 0 saturated carbocycles. The van der Waals surface area contributed by atoms with Gasteiger partial charge in [0.25, 0.3) is 11.5 Å². The number of imide groups is 1. The van der Waals surface area contributed by atoms with Crippen LogP contribution in [0.5, 0.6) is 11.5 Å². The highest BCUT2D eigenvalue weighted by Crippen LogP contribution is 2.51. The third-order valence-corrected chi connectivity index (χ3v) is 8.34. The van der Waals surface area contributed by atoms with E-state index < -0.39 is 41.0 Å². The van der Waals surface area contributed by atoms with Gasteiger partial charge in [-0.25, -0.2) is 4.79 Å². The number of hydrogen-bond acceptors (Lipinski definition) is 5. The van der Waals surface area contributed by atoms with Crippen molar-refractivity contribution < 1.29 is 50.5 Å². The standard InChI is InChI=1S/C36H40F6N2O5/c1-5-11-25-21-28(34(47,35(37,38)39)36(40,41)42)22-26(20-24-12-7-6-8-13-24)30(25)48-19-10-9-18-44-31(45)33(4,43-32(44)46)27-14-16-29(17-15-27)49-23(2)3/h6-8,12-17,21-23,47H,5,9-11,18-20H2,1-4H3,(H,43,46). The lowest BCUT2D eigenvalue weighted by Gasteiger charge is -2.33. The number of amides is 3. The van der Waals surface area contributed by atoms with Gasteiger partial charge in [-0.1, -0.05) is 55.8 Å². The smallest absolute Gasteiger partial charge is 0.430 e. The second-order valence-corrected chi connectivity index (χ2v) is 12.5. The Labute approximate surface area is 281 Å². The van der Waals surface area contributed by atoms with Crippen LogP contribution in [0.1, 0.15) is 74.8 Å². The molecule has 1 saturated heterocycles. The van der Waals surface area contributed by atoms with Crippen molar-refractivity contribution in [1.29, 1.82) is 0 Å². The number of carbonyl (C=O) groups is 2. The average molecular weight is 695 g/mol. The van der Waals surface area contributed by atoms with Crippen molar-refractivity contribution >= 4 is 11.9 Å². The van der Waals surface area contributed by atoms with Crippen LogP contribution in [0.15, 0.2) is 66.7 Å². The van der Waals surface area contributed by atoms with Crippen LogP contribution in [0.3, 0.4) is 0 Å². The van der Waals surface area contributed by atoms with Gasteiger partial charge < -0.3 is 19.9 Å². The van der Waals surface area contributed by atoms with Crippen molar-refractivity contribution in [2.45, 2.75) is 89.4 Å². The van der Waals surface area contributed by atoms with Crippen molar-refractivity contribution in [3.05, 3.63) is 94.5 Å². The van der Waals surface area contributed by atoms with E-state index in [-0.39, 0.29) is 49.0 Å². The molecule has 1 heterocycles. The summed E-state index contributed by atoms with van der Waals surface area (Å²) in [6.07, 6.45) is -11.1. The summed E-state index contributed by atoms with van der Waals surface area (Å²) in [5.74, 6) is 0.313. The zero-order valence-electron chi connectivity index (χ0n) is 27.7. The zero-order valence-corrected chi connectivity index (χ0v) is 27.7. The fraction of sp³-hybridized carbons (Fsp3) is 0.444. The Bertz CT molecular complexity index is 1600. The number of benzene rings is 3. The Kier molecular flexibility index (Phi) is 11.3. The summed E-state index contributed by atoms with van der Waals surface area (Å²) in [6.45, 7) is 7.16. The van der Waals surface area contributed by atoms with Gasteiger partial charge in [-0.05, 0) is 86.6 Å². The zero-order chi connectivity index (χ0) is 36.2. The van der Waals surface area contributed by atoms with Crippen LogP contribution in [0.4, 0.5) is 31.1 Å². The highest BCUT2D eigenvalue weighted by Gasteiger charge is 2.71. The van der Waals surface area contributed by atoms with Crippen LogP contribution in [-0.4, -0.2) is 53.6 Å².